The quantitative estimate of drug-likeness (QED) is 0.331. The molecule has 0 bridgehead atoms. The summed E-state index contributed by atoms with van der Waals surface area (Å²) in [5.41, 5.74) is 1.31. The van der Waals surface area contributed by atoms with E-state index in [2.05, 4.69) is 74.2 Å². The number of allylic oxidation sites excluding steroid dienone is 1. The van der Waals surface area contributed by atoms with Crippen molar-refractivity contribution in [1.82, 2.24) is 0 Å². The first-order valence-corrected chi connectivity index (χ1v) is 7.26. The van der Waals surface area contributed by atoms with Gasteiger partial charge in [0.05, 0.1) is 0 Å². The lowest BCUT2D eigenvalue weighted by Gasteiger charge is -2.12. The number of benzene rings is 4. The van der Waals surface area contributed by atoms with Gasteiger partial charge >= 0.3 is 0 Å². The van der Waals surface area contributed by atoms with Crippen molar-refractivity contribution in [3.05, 3.63) is 78.0 Å². The Labute approximate surface area is 124 Å². The van der Waals surface area contributed by atoms with E-state index in [1.54, 1.807) is 0 Å². The molecule has 0 saturated heterocycles. The van der Waals surface area contributed by atoms with Crippen LogP contribution in [0.5, 0.6) is 0 Å². The van der Waals surface area contributed by atoms with Gasteiger partial charge in [0.15, 0.2) is 0 Å². The molecule has 0 aliphatic heterocycles. The predicted molar refractivity (Wildman–Crippen MR) is 93.6 cm³/mol. The van der Waals surface area contributed by atoms with E-state index in [9.17, 15) is 0 Å². The van der Waals surface area contributed by atoms with Crippen molar-refractivity contribution in [2.75, 3.05) is 0 Å². The van der Waals surface area contributed by atoms with Gasteiger partial charge in [0.2, 0.25) is 0 Å². The molecule has 0 heterocycles. The van der Waals surface area contributed by atoms with Crippen LogP contribution in [0.15, 0.2) is 67.3 Å². The first-order valence-electron chi connectivity index (χ1n) is 7.26. The highest BCUT2D eigenvalue weighted by Crippen LogP contribution is 2.31. The fourth-order valence-electron chi connectivity index (χ4n) is 3.47. The van der Waals surface area contributed by atoms with Gasteiger partial charge in [0, 0.05) is 0 Å². The van der Waals surface area contributed by atoms with Gasteiger partial charge in [0.1, 0.15) is 0 Å². The van der Waals surface area contributed by atoms with Crippen LogP contribution in [0.1, 0.15) is 5.56 Å². The van der Waals surface area contributed by atoms with Gasteiger partial charge in [-0.25, -0.2) is 0 Å². The third kappa shape index (κ3) is 1.62. The van der Waals surface area contributed by atoms with Gasteiger partial charge in [-0.2, -0.15) is 0 Å². The van der Waals surface area contributed by atoms with Crippen LogP contribution in [-0.4, -0.2) is 0 Å². The largest absolute Gasteiger partial charge is 0.0990 e. The third-order valence-electron chi connectivity index (χ3n) is 4.31. The van der Waals surface area contributed by atoms with E-state index in [4.69, 9.17) is 0 Å². The third-order valence-corrected chi connectivity index (χ3v) is 4.31. The van der Waals surface area contributed by atoms with Crippen LogP contribution < -0.4 is 5.22 Å². The zero-order chi connectivity index (χ0) is 14.4. The van der Waals surface area contributed by atoms with Crippen molar-refractivity contribution in [1.29, 1.82) is 0 Å². The smallest absolute Gasteiger partial charge is 0.00264 e. The SMILES string of the molecule is C=C/C=c1/c2cccc3cccc(c4cccc(C)c14)c32. The molecule has 0 N–H and O–H groups in total. The average Bonchev–Trinajstić information content (AvgIpc) is 2.51. The minimum absolute atomic E-state index is 1.28. The Balaban J connectivity index is 2.51. The fraction of sp³-hybridized carbons (Fsp3) is 0.0476. The molecule has 4 rings (SSSR count). The van der Waals surface area contributed by atoms with Gasteiger partial charge < -0.3 is 0 Å². The number of fused-ring (bicyclic) bond motifs is 2. The second kappa shape index (κ2) is 4.46. The van der Waals surface area contributed by atoms with E-state index < -0.39 is 0 Å². The van der Waals surface area contributed by atoms with Crippen LogP contribution in [0.2, 0.25) is 0 Å². The first-order chi connectivity index (χ1) is 10.3. The Bertz CT molecular complexity index is 1050. The summed E-state index contributed by atoms with van der Waals surface area (Å²) < 4.78 is 0. The van der Waals surface area contributed by atoms with Gasteiger partial charge in [-0.3, -0.25) is 0 Å². The molecule has 21 heavy (non-hydrogen) atoms. The number of aryl methyl sites for hydroxylation is 1. The monoisotopic (exact) mass is 268 g/mol. The van der Waals surface area contributed by atoms with Crippen molar-refractivity contribution in [2.24, 2.45) is 0 Å². The zero-order valence-electron chi connectivity index (χ0n) is 12.1. The molecule has 0 spiro atoms. The Morgan fingerprint density at radius 1 is 0.762 bits per heavy atom. The van der Waals surface area contributed by atoms with Gasteiger partial charge in [-0.15, -0.1) is 0 Å². The van der Waals surface area contributed by atoms with Gasteiger partial charge in [-0.05, 0) is 50.0 Å². The highest BCUT2D eigenvalue weighted by molar-refractivity contribution is 6.22. The van der Waals surface area contributed by atoms with Crippen LogP contribution in [0, 0.1) is 6.92 Å². The van der Waals surface area contributed by atoms with Crippen LogP contribution in [0.4, 0.5) is 0 Å². The molecule has 0 amide bonds. The summed E-state index contributed by atoms with van der Waals surface area (Å²) in [6.07, 6.45) is 4.02. The molecular formula is C21H16. The normalized spacial score (nSPS) is 12.5. The molecule has 0 fully saturated rings. The van der Waals surface area contributed by atoms with Crippen molar-refractivity contribution >= 4 is 38.4 Å². The van der Waals surface area contributed by atoms with Crippen molar-refractivity contribution in [3.8, 4) is 0 Å². The van der Waals surface area contributed by atoms with E-state index in [-0.39, 0.29) is 0 Å². The molecule has 100 valence electrons. The first kappa shape index (κ1) is 12.2. The molecule has 0 aromatic heterocycles. The molecule has 0 radical (unpaired) electrons. The molecule has 0 saturated carbocycles. The van der Waals surface area contributed by atoms with E-state index >= 15 is 0 Å². The molecule has 0 aliphatic carbocycles. The summed E-state index contributed by atoms with van der Waals surface area (Å²) in [4.78, 5) is 0. The highest BCUT2D eigenvalue weighted by Gasteiger charge is 2.09. The second-order valence-electron chi connectivity index (χ2n) is 5.52. The van der Waals surface area contributed by atoms with Crippen molar-refractivity contribution in [3.63, 3.8) is 0 Å². The van der Waals surface area contributed by atoms with Crippen molar-refractivity contribution < 1.29 is 0 Å². The lowest BCUT2D eigenvalue weighted by molar-refractivity contribution is 1.53. The molecule has 0 atom stereocenters. The molecule has 0 heteroatoms. The summed E-state index contributed by atoms with van der Waals surface area (Å²) in [6.45, 7) is 6.09. The molecule has 0 aliphatic rings. The van der Waals surface area contributed by atoms with Crippen LogP contribution in [-0.2, 0) is 0 Å². The number of hydrogen-bond donors (Lipinski definition) is 0. The van der Waals surface area contributed by atoms with E-state index in [1.165, 1.54) is 43.1 Å². The van der Waals surface area contributed by atoms with E-state index in [0.717, 1.165) is 0 Å². The summed E-state index contributed by atoms with van der Waals surface area (Å²) >= 11 is 0. The highest BCUT2D eigenvalue weighted by atomic mass is 14.1. The van der Waals surface area contributed by atoms with Gasteiger partial charge in [-0.1, -0.05) is 73.3 Å². The van der Waals surface area contributed by atoms with E-state index in [1.807, 2.05) is 6.08 Å². The van der Waals surface area contributed by atoms with E-state index in [0.29, 0.717) is 0 Å². The minimum atomic E-state index is 1.28. The molecular weight excluding hydrogens is 252 g/mol. The second-order valence-corrected chi connectivity index (χ2v) is 5.52. The predicted octanol–water partition coefficient (Wildman–Crippen LogP) is 5.14. The Morgan fingerprint density at radius 2 is 1.38 bits per heavy atom. The standard InChI is InChI=1S/C21H16/c1-3-7-16-18-12-5-9-15-10-6-13-19(21(15)18)17-11-4-8-14(2)20(16)17/h3-13H,1H2,2H3/b16-7-. The maximum absolute atomic E-state index is 3.90. The Morgan fingerprint density at radius 3 is 2.10 bits per heavy atom. The Kier molecular flexibility index (Phi) is 2.58. The minimum Gasteiger partial charge on any atom is -0.0990 e. The van der Waals surface area contributed by atoms with Crippen LogP contribution in [0.25, 0.3) is 38.4 Å². The number of hydrogen-bond acceptors (Lipinski definition) is 0. The molecule has 4 aromatic carbocycles. The summed E-state index contributed by atoms with van der Waals surface area (Å²) in [6, 6.07) is 19.7. The molecule has 0 unspecified atom stereocenters. The summed E-state index contributed by atoms with van der Waals surface area (Å²) in [5, 5.41) is 9.24. The fourth-order valence-corrected chi connectivity index (χ4v) is 3.47. The maximum Gasteiger partial charge on any atom is -0.00264 e. The average molecular weight is 268 g/mol. The summed E-state index contributed by atoms with van der Waals surface area (Å²) in [7, 11) is 0. The van der Waals surface area contributed by atoms with Crippen LogP contribution >= 0.6 is 0 Å². The lowest BCUT2D eigenvalue weighted by atomic mass is 9.91. The van der Waals surface area contributed by atoms with Crippen molar-refractivity contribution in [2.45, 2.75) is 6.92 Å². The topological polar surface area (TPSA) is 0 Å². The summed E-state index contributed by atoms with van der Waals surface area (Å²) in [5.74, 6) is 0. The Hall–Kier alpha value is -2.60. The van der Waals surface area contributed by atoms with Crippen LogP contribution in [0.3, 0.4) is 0 Å². The molecule has 4 aromatic rings. The molecule has 0 nitrogen and oxygen atoms in total. The lowest BCUT2D eigenvalue weighted by Crippen LogP contribution is -2.06. The zero-order valence-corrected chi connectivity index (χ0v) is 12.1. The number of rotatable bonds is 1. The maximum atomic E-state index is 3.90. The van der Waals surface area contributed by atoms with Gasteiger partial charge in [0.25, 0.3) is 0 Å².